The lowest BCUT2D eigenvalue weighted by Gasteiger charge is -2.23. The lowest BCUT2D eigenvalue weighted by atomic mass is 10.2. The first kappa shape index (κ1) is 19.3. The molecule has 6 nitrogen and oxygen atoms in total. The summed E-state index contributed by atoms with van der Waals surface area (Å²) in [7, 11) is 1.63. The number of ether oxygens (including phenoxy) is 1. The molecule has 0 unspecified atom stereocenters. The fraction of sp³-hybridized carbons (Fsp3) is 0.444. The number of hydrogen-bond acceptors (Lipinski definition) is 3. The number of rotatable bonds is 9. The molecule has 0 fully saturated rings. The van der Waals surface area contributed by atoms with Gasteiger partial charge in [0.15, 0.2) is 0 Å². The highest BCUT2D eigenvalue weighted by Crippen LogP contribution is 2.17. The minimum absolute atomic E-state index is 0.105. The standard InChI is InChI=1S/C18H25ClN4O2/c1-3-8-21-18(24)23(11-12-25-2)14-17-20-9-10-22(17)13-15-6-4-5-7-16(15)19/h4-7,9-10H,3,8,11-14H2,1-2H3,(H,21,24). The van der Waals surface area contributed by atoms with E-state index < -0.39 is 0 Å². The number of imidazole rings is 1. The van der Waals surface area contributed by atoms with Gasteiger partial charge in [-0.25, -0.2) is 9.78 Å². The van der Waals surface area contributed by atoms with E-state index in [0.717, 1.165) is 22.8 Å². The molecule has 0 aliphatic rings. The molecule has 0 radical (unpaired) electrons. The molecule has 136 valence electrons. The van der Waals surface area contributed by atoms with Gasteiger partial charge >= 0.3 is 6.03 Å². The molecule has 0 saturated carbocycles. The number of aromatic nitrogens is 2. The summed E-state index contributed by atoms with van der Waals surface area (Å²) in [5.41, 5.74) is 1.02. The summed E-state index contributed by atoms with van der Waals surface area (Å²) < 4.78 is 7.13. The average molecular weight is 365 g/mol. The highest BCUT2D eigenvalue weighted by Gasteiger charge is 2.16. The summed E-state index contributed by atoms with van der Waals surface area (Å²) in [6.45, 7) is 4.68. The molecule has 7 heteroatoms. The maximum atomic E-state index is 12.4. The van der Waals surface area contributed by atoms with Crippen molar-refractivity contribution >= 4 is 17.6 Å². The van der Waals surface area contributed by atoms with Gasteiger partial charge in [-0.2, -0.15) is 0 Å². The molecular weight excluding hydrogens is 340 g/mol. The van der Waals surface area contributed by atoms with Gasteiger partial charge in [0.25, 0.3) is 0 Å². The lowest BCUT2D eigenvalue weighted by Crippen LogP contribution is -2.42. The minimum Gasteiger partial charge on any atom is -0.383 e. The molecule has 0 aliphatic carbocycles. The van der Waals surface area contributed by atoms with Crippen LogP contribution < -0.4 is 5.32 Å². The molecule has 2 amide bonds. The molecule has 1 aromatic carbocycles. The molecule has 25 heavy (non-hydrogen) atoms. The average Bonchev–Trinajstić information content (AvgIpc) is 3.05. The van der Waals surface area contributed by atoms with Crippen LogP contribution in [0.25, 0.3) is 0 Å². The molecule has 0 spiro atoms. The van der Waals surface area contributed by atoms with Gasteiger partial charge in [-0.15, -0.1) is 0 Å². The summed E-state index contributed by atoms with van der Waals surface area (Å²) in [5.74, 6) is 0.808. The van der Waals surface area contributed by atoms with Crippen molar-refractivity contribution in [1.29, 1.82) is 0 Å². The van der Waals surface area contributed by atoms with Crippen molar-refractivity contribution in [3.8, 4) is 0 Å². The normalized spacial score (nSPS) is 10.7. The number of nitrogens with zero attached hydrogens (tertiary/aromatic N) is 3. The number of carbonyl (C=O) groups is 1. The molecular formula is C18H25ClN4O2. The molecule has 0 atom stereocenters. The van der Waals surface area contributed by atoms with Crippen molar-refractivity contribution < 1.29 is 9.53 Å². The van der Waals surface area contributed by atoms with E-state index in [1.165, 1.54) is 0 Å². The fourth-order valence-corrected chi connectivity index (χ4v) is 2.61. The Morgan fingerprint density at radius 2 is 2.20 bits per heavy atom. The number of carbonyl (C=O) groups excluding carboxylic acids is 1. The predicted molar refractivity (Wildman–Crippen MR) is 98.8 cm³/mol. The van der Waals surface area contributed by atoms with Crippen molar-refractivity contribution in [2.75, 3.05) is 26.8 Å². The van der Waals surface area contributed by atoms with Crippen LogP contribution in [0.2, 0.25) is 5.02 Å². The monoisotopic (exact) mass is 364 g/mol. The summed E-state index contributed by atoms with van der Waals surface area (Å²) in [6, 6.07) is 7.62. The first-order chi connectivity index (χ1) is 12.2. The van der Waals surface area contributed by atoms with Gasteiger partial charge in [0.05, 0.1) is 19.7 Å². The third kappa shape index (κ3) is 5.76. The zero-order valence-corrected chi connectivity index (χ0v) is 15.5. The number of halogens is 1. The Balaban J connectivity index is 2.10. The van der Waals surface area contributed by atoms with Crippen LogP contribution in [0.4, 0.5) is 4.79 Å². The molecule has 0 aliphatic heterocycles. The molecule has 2 aromatic rings. The van der Waals surface area contributed by atoms with E-state index in [2.05, 4.69) is 10.3 Å². The highest BCUT2D eigenvalue weighted by atomic mass is 35.5. The predicted octanol–water partition coefficient (Wildman–Crippen LogP) is 3.15. The minimum atomic E-state index is -0.105. The second-order valence-electron chi connectivity index (χ2n) is 5.71. The van der Waals surface area contributed by atoms with Gasteiger partial charge in [-0.1, -0.05) is 36.7 Å². The summed E-state index contributed by atoms with van der Waals surface area (Å²) in [4.78, 5) is 18.5. The second-order valence-corrected chi connectivity index (χ2v) is 6.12. The van der Waals surface area contributed by atoms with Crippen LogP contribution in [0, 0.1) is 0 Å². The Morgan fingerprint density at radius 3 is 2.92 bits per heavy atom. The largest absolute Gasteiger partial charge is 0.383 e. The van der Waals surface area contributed by atoms with E-state index in [-0.39, 0.29) is 6.03 Å². The number of hydrogen-bond donors (Lipinski definition) is 1. The van der Waals surface area contributed by atoms with Crippen LogP contribution in [0.15, 0.2) is 36.7 Å². The lowest BCUT2D eigenvalue weighted by molar-refractivity contribution is 0.145. The van der Waals surface area contributed by atoms with Crippen molar-refractivity contribution in [1.82, 2.24) is 19.8 Å². The molecule has 0 saturated heterocycles. The van der Waals surface area contributed by atoms with Crippen LogP contribution in [0.3, 0.4) is 0 Å². The summed E-state index contributed by atoms with van der Waals surface area (Å²) in [5, 5.41) is 3.63. The van der Waals surface area contributed by atoms with Crippen molar-refractivity contribution in [3.63, 3.8) is 0 Å². The third-order valence-corrected chi connectivity index (χ3v) is 4.18. The molecule has 1 heterocycles. The van der Waals surface area contributed by atoms with Crippen molar-refractivity contribution in [3.05, 3.63) is 53.1 Å². The number of amides is 2. The smallest absolute Gasteiger partial charge is 0.317 e. The zero-order chi connectivity index (χ0) is 18.1. The quantitative estimate of drug-likeness (QED) is 0.743. The topological polar surface area (TPSA) is 59.4 Å². The second kappa shape index (κ2) is 10.1. The molecule has 1 N–H and O–H groups in total. The van der Waals surface area contributed by atoms with Gasteiger partial charge in [0, 0.05) is 37.6 Å². The summed E-state index contributed by atoms with van der Waals surface area (Å²) in [6.07, 6.45) is 4.53. The van der Waals surface area contributed by atoms with Gasteiger partial charge in [0.1, 0.15) is 5.82 Å². The van der Waals surface area contributed by atoms with Crippen molar-refractivity contribution in [2.45, 2.75) is 26.4 Å². The van der Waals surface area contributed by atoms with Crippen LogP contribution in [0.5, 0.6) is 0 Å². The van der Waals surface area contributed by atoms with Gasteiger partial charge in [-0.3, -0.25) is 0 Å². The number of benzene rings is 1. The summed E-state index contributed by atoms with van der Waals surface area (Å²) >= 11 is 6.25. The van der Waals surface area contributed by atoms with E-state index >= 15 is 0 Å². The maximum Gasteiger partial charge on any atom is 0.317 e. The third-order valence-electron chi connectivity index (χ3n) is 3.81. The highest BCUT2D eigenvalue weighted by molar-refractivity contribution is 6.31. The van der Waals surface area contributed by atoms with Crippen molar-refractivity contribution in [2.24, 2.45) is 0 Å². The van der Waals surface area contributed by atoms with Gasteiger partial charge in [-0.05, 0) is 18.1 Å². The van der Waals surface area contributed by atoms with E-state index in [0.29, 0.717) is 32.8 Å². The first-order valence-corrected chi connectivity index (χ1v) is 8.78. The molecule has 0 bridgehead atoms. The Hall–Kier alpha value is -2.05. The van der Waals surface area contributed by atoms with Gasteiger partial charge < -0.3 is 19.5 Å². The van der Waals surface area contributed by atoms with Gasteiger partial charge in [0.2, 0.25) is 0 Å². The number of methoxy groups -OCH3 is 1. The van der Waals surface area contributed by atoms with E-state index in [9.17, 15) is 4.79 Å². The maximum absolute atomic E-state index is 12.4. The Kier molecular flexibility index (Phi) is 7.76. The zero-order valence-electron chi connectivity index (χ0n) is 14.7. The fourth-order valence-electron chi connectivity index (χ4n) is 2.41. The number of nitrogens with one attached hydrogen (secondary N) is 1. The Morgan fingerprint density at radius 1 is 1.40 bits per heavy atom. The Bertz CT molecular complexity index is 675. The van der Waals surface area contributed by atoms with Crippen LogP contribution in [-0.4, -0.2) is 47.3 Å². The van der Waals surface area contributed by atoms with Crippen LogP contribution in [-0.2, 0) is 17.8 Å². The van der Waals surface area contributed by atoms with Crippen LogP contribution >= 0.6 is 11.6 Å². The molecule has 2 rings (SSSR count). The van der Waals surface area contributed by atoms with E-state index in [1.807, 2.05) is 42.0 Å². The first-order valence-electron chi connectivity index (χ1n) is 8.40. The molecule has 1 aromatic heterocycles. The van der Waals surface area contributed by atoms with E-state index in [4.69, 9.17) is 16.3 Å². The van der Waals surface area contributed by atoms with Crippen LogP contribution in [0.1, 0.15) is 24.7 Å². The SMILES string of the molecule is CCCNC(=O)N(CCOC)Cc1nccn1Cc1ccccc1Cl. The van der Waals surface area contributed by atoms with E-state index in [1.54, 1.807) is 18.2 Å². The Labute approximate surface area is 153 Å². The number of urea groups is 1.